The number of nitrogens with one attached hydrogen (secondary N) is 1. The lowest BCUT2D eigenvalue weighted by atomic mass is 10.1. The van der Waals surface area contributed by atoms with Gasteiger partial charge in [0.05, 0.1) is 10.9 Å². The summed E-state index contributed by atoms with van der Waals surface area (Å²) in [6.07, 6.45) is 0. The second-order valence-electron chi connectivity index (χ2n) is 7.96. The van der Waals surface area contributed by atoms with Crippen LogP contribution in [0.2, 0.25) is 0 Å². The average Bonchev–Trinajstić information content (AvgIpc) is 3.22. The van der Waals surface area contributed by atoms with Crippen molar-refractivity contribution in [3.05, 3.63) is 101 Å². The lowest BCUT2D eigenvalue weighted by molar-refractivity contribution is -0.124. The molecule has 0 aromatic heterocycles. The first-order valence-corrected chi connectivity index (χ1v) is 11.7. The van der Waals surface area contributed by atoms with Gasteiger partial charge in [0.1, 0.15) is 11.7 Å². The van der Waals surface area contributed by atoms with Gasteiger partial charge in [-0.05, 0) is 42.3 Å². The fourth-order valence-corrected chi connectivity index (χ4v) is 4.77. The number of fused-ring (bicyclic) bond motifs is 3. The summed E-state index contributed by atoms with van der Waals surface area (Å²) in [5.41, 5.74) is 3.10. The molecule has 170 valence electrons. The molecule has 0 saturated carbocycles. The number of carbonyl (C=O) groups excluding carboxylic acids is 2. The van der Waals surface area contributed by atoms with E-state index in [-0.39, 0.29) is 24.2 Å². The lowest BCUT2D eigenvalue weighted by Gasteiger charge is -2.26. The third kappa shape index (κ3) is 4.24. The van der Waals surface area contributed by atoms with Crippen molar-refractivity contribution in [1.29, 1.82) is 0 Å². The van der Waals surface area contributed by atoms with Crippen molar-refractivity contribution in [2.45, 2.75) is 24.8 Å². The number of benzene rings is 3. The summed E-state index contributed by atoms with van der Waals surface area (Å²) in [4.78, 5) is 37.2. The van der Waals surface area contributed by atoms with Crippen LogP contribution in [0.15, 0.2) is 88.8 Å². The van der Waals surface area contributed by atoms with Crippen LogP contribution in [0.25, 0.3) is 0 Å². The van der Waals surface area contributed by atoms with Crippen LogP contribution in [0.3, 0.4) is 0 Å². The Morgan fingerprint density at radius 3 is 2.53 bits per heavy atom. The first-order chi connectivity index (χ1) is 16.5. The van der Waals surface area contributed by atoms with E-state index in [0.717, 1.165) is 16.7 Å². The van der Waals surface area contributed by atoms with Crippen LogP contribution >= 0.6 is 11.8 Å². The first-order valence-electron chi connectivity index (χ1n) is 10.8. The summed E-state index contributed by atoms with van der Waals surface area (Å²) >= 11 is 1.21. The molecule has 2 heterocycles. The van der Waals surface area contributed by atoms with E-state index in [1.54, 1.807) is 19.1 Å². The van der Waals surface area contributed by atoms with Crippen molar-refractivity contribution in [1.82, 2.24) is 10.2 Å². The molecule has 0 saturated heterocycles. The van der Waals surface area contributed by atoms with Crippen molar-refractivity contribution in [3.63, 3.8) is 0 Å². The number of rotatable bonds is 5. The van der Waals surface area contributed by atoms with E-state index in [1.165, 1.54) is 28.8 Å². The fraction of sp³-hybridized carbons (Fsp3) is 0.154. The van der Waals surface area contributed by atoms with Gasteiger partial charge in [-0.15, -0.1) is 0 Å². The predicted molar refractivity (Wildman–Crippen MR) is 131 cm³/mol. The van der Waals surface area contributed by atoms with E-state index in [9.17, 15) is 14.0 Å². The highest BCUT2D eigenvalue weighted by atomic mass is 32.2. The molecular formula is C26H21FN4O2S. The standard InChI is InChI=1S/C26H21FN4O2S/c1-16(24(32)28-15-17-11-13-19(27)14-12-17)34-26-29-21-10-6-5-9-20(21)23-30-22(25(33)31(23)26)18-7-3-2-4-8-18/h2-14,16,22H,15H2,1H3,(H,28,32)/t16-,22+/m1/s1. The maximum atomic E-state index is 13.4. The molecule has 2 amide bonds. The summed E-state index contributed by atoms with van der Waals surface area (Å²) in [6.45, 7) is 2.05. The van der Waals surface area contributed by atoms with Crippen LogP contribution in [-0.2, 0) is 16.1 Å². The second-order valence-corrected chi connectivity index (χ2v) is 9.26. The minimum absolute atomic E-state index is 0.194. The van der Waals surface area contributed by atoms with E-state index in [4.69, 9.17) is 9.98 Å². The number of hydrogen-bond acceptors (Lipinski definition) is 5. The molecule has 0 bridgehead atoms. The Bertz CT molecular complexity index is 1310. The Balaban J connectivity index is 1.37. The number of amidine groups is 2. The van der Waals surface area contributed by atoms with E-state index in [2.05, 4.69) is 5.32 Å². The molecule has 2 aliphatic heterocycles. The highest BCUT2D eigenvalue weighted by molar-refractivity contribution is 8.15. The van der Waals surface area contributed by atoms with Crippen molar-refractivity contribution in [3.8, 4) is 0 Å². The van der Waals surface area contributed by atoms with Gasteiger partial charge in [0.2, 0.25) is 5.91 Å². The SMILES string of the molecule is C[C@@H](SC1=Nc2ccccc2C2=N[C@@H](c3ccccc3)C(=O)N12)C(=O)NCc1ccc(F)cc1. The smallest absolute Gasteiger partial charge is 0.263 e. The molecule has 3 aromatic rings. The lowest BCUT2D eigenvalue weighted by Crippen LogP contribution is -2.41. The Morgan fingerprint density at radius 1 is 1.06 bits per heavy atom. The minimum atomic E-state index is -0.657. The number of hydrogen-bond donors (Lipinski definition) is 1. The van der Waals surface area contributed by atoms with E-state index in [0.29, 0.717) is 16.7 Å². The largest absolute Gasteiger partial charge is 0.351 e. The molecule has 6 nitrogen and oxygen atoms in total. The van der Waals surface area contributed by atoms with Gasteiger partial charge >= 0.3 is 0 Å². The van der Waals surface area contributed by atoms with Crippen molar-refractivity contribution in [2.24, 2.45) is 9.98 Å². The summed E-state index contributed by atoms with van der Waals surface area (Å²) in [5, 5.41) is 2.76. The van der Waals surface area contributed by atoms with Gasteiger partial charge in [0.25, 0.3) is 5.91 Å². The number of nitrogens with zero attached hydrogens (tertiary/aromatic N) is 3. The van der Waals surface area contributed by atoms with Crippen LogP contribution in [0.1, 0.15) is 29.7 Å². The van der Waals surface area contributed by atoms with E-state index >= 15 is 0 Å². The number of para-hydroxylation sites is 1. The molecule has 0 radical (unpaired) electrons. The molecule has 8 heteroatoms. The van der Waals surface area contributed by atoms with Gasteiger partial charge in [-0.1, -0.05) is 66.4 Å². The van der Waals surface area contributed by atoms with Crippen molar-refractivity contribution < 1.29 is 14.0 Å². The Morgan fingerprint density at radius 2 is 1.76 bits per heavy atom. The number of carbonyl (C=O) groups is 2. The van der Waals surface area contributed by atoms with Gasteiger partial charge in [-0.3, -0.25) is 9.59 Å². The molecule has 0 aliphatic carbocycles. The minimum Gasteiger partial charge on any atom is -0.351 e. The highest BCUT2D eigenvalue weighted by Crippen LogP contribution is 2.38. The number of halogens is 1. The molecule has 0 fully saturated rings. The molecule has 5 rings (SSSR count). The molecule has 34 heavy (non-hydrogen) atoms. The summed E-state index contributed by atoms with van der Waals surface area (Å²) in [5.74, 6) is -0.177. The zero-order chi connectivity index (χ0) is 23.7. The second kappa shape index (κ2) is 9.23. The van der Waals surface area contributed by atoms with Gasteiger partial charge < -0.3 is 5.32 Å². The number of aliphatic imine (C=N–C) groups is 2. The van der Waals surface area contributed by atoms with Gasteiger partial charge in [-0.2, -0.15) is 0 Å². The van der Waals surface area contributed by atoms with Crippen LogP contribution < -0.4 is 5.32 Å². The first kappa shape index (κ1) is 22.0. The maximum Gasteiger partial charge on any atom is 0.263 e. The summed E-state index contributed by atoms with van der Waals surface area (Å²) in [6, 6.07) is 22.3. The normalized spacial score (nSPS) is 17.4. The van der Waals surface area contributed by atoms with Crippen molar-refractivity contribution >= 4 is 40.3 Å². The van der Waals surface area contributed by atoms with Crippen molar-refractivity contribution in [2.75, 3.05) is 0 Å². The number of amides is 2. The van der Waals surface area contributed by atoms with Crippen LogP contribution in [0.4, 0.5) is 10.1 Å². The molecule has 2 atom stereocenters. The summed E-state index contributed by atoms with van der Waals surface area (Å²) in [7, 11) is 0. The monoisotopic (exact) mass is 472 g/mol. The molecule has 1 N–H and O–H groups in total. The Labute approximate surface area is 200 Å². The van der Waals surface area contributed by atoms with E-state index in [1.807, 2.05) is 54.6 Å². The number of thioether (sulfide) groups is 1. The van der Waals surface area contributed by atoms with Crippen LogP contribution in [0, 0.1) is 5.82 Å². The average molecular weight is 473 g/mol. The van der Waals surface area contributed by atoms with Crippen LogP contribution in [-0.4, -0.2) is 33.0 Å². The topological polar surface area (TPSA) is 74.1 Å². The van der Waals surface area contributed by atoms with E-state index < -0.39 is 11.3 Å². The highest BCUT2D eigenvalue weighted by Gasteiger charge is 2.42. The van der Waals surface area contributed by atoms with Crippen LogP contribution in [0.5, 0.6) is 0 Å². The molecule has 0 spiro atoms. The molecule has 0 unspecified atom stereocenters. The van der Waals surface area contributed by atoms with Gasteiger partial charge in [0, 0.05) is 12.1 Å². The molecule has 3 aromatic carbocycles. The fourth-order valence-electron chi connectivity index (χ4n) is 3.83. The zero-order valence-electron chi connectivity index (χ0n) is 18.3. The third-order valence-electron chi connectivity index (χ3n) is 5.62. The Hall–Kier alpha value is -3.78. The Kier molecular flexibility index (Phi) is 5.98. The third-order valence-corrected chi connectivity index (χ3v) is 6.67. The van der Waals surface area contributed by atoms with Gasteiger partial charge in [0.15, 0.2) is 11.2 Å². The molecular weight excluding hydrogens is 451 g/mol. The quantitative estimate of drug-likeness (QED) is 0.590. The summed E-state index contributed by atoms with van der Waals surface area (Å²) < 4.78 is 13.1. The maximum absolute atomic E-state index is 13.4. The zero-order valence-corrected chi connectivity index (χ0v) is 19.1. The van der Waals surface area contributed by atoms with Gasteiger partial charge in [-0.25, -0.2) is 19.3 Å². The molecule has 2 aliphatic rings. The predicted octanol–water partition coefficient (Wildman–Crippen LogP) is 4.60.